The Morgan fingerprint density at radius 3 is 1.93 bits per heavy atom. The lowest BCUT2D eigenvalue weighted by Gasteiger charge is -2.36. The van der Waals surface area contributed by atoms with Crippen molar-refractivity contribution in [1.82, 2.24) is 20.5 Å². The highest BCUT2D eigenvalue weighted by atomic mass is 32.1. The maximum absolute atomic E-state index is 14.5. The molecule has 0 fully saturated rings. The molecule has 0 saturated carbocycles. The lowest BCUT2D eigenvalue weighted by molar-refractivity contribution is -0.148. The summed E-state index contributed by atoms with van der Waals surface area (Å²) in [6.07, 6.45) is -0.618. The zero-order valence-corrected chi connectivity index (χ0v) is 40.8. The number of carboxylic acids is 1. The van der Waals surface area contributed by atoms with Crippen LogP contribution in [-0.4, -0.2) is 83.2 Å². The van der Waals surface area contributed by atoms with Gasteiger partial charge in [0.15, 0.2) is 6.10 Å². The maximum Gasteiger partial charge on any atom is 0.407 e. The highest BCUT2D eigenvalue weighted by Crippen LogP contribution is 2.44. The van der Waals surface area contributed by atoms with E-state index in [0.29, 0.717) is 29.3 Å². The molecular formula is C54H64N4O9S. The first-order chi connectivity index (χ1) is 32.6. The summed E-state index contributed by atoms with van der Waals surface area (Å²) >= 11 is 1.23. The monoisotopic (exact) mass is 944 g/mol. The molecule has 0 unspecified atom stereocenters. The van der Waals surface area contributed by atoms with Crippen molar-refractivity contribution < 1.29 is 43.3 Å². The fourth-order valence-electron chi connectivity index (χ4n) is 8.82. The van der Waals surface area contributed by atoms with Crippen LogP contribution in [0.1, 0.15) is 109 Å². The fourth-order valence-corrected chi connectivity index (χ4v) is 9.90. The third-order valence-electron chi connectivity index (χ3n) is 12.4. The number of esters is 1. The molecule has 5 aromatic rings. The van der Waals surface area contributed by atoms with E-state index in [1.54, 1.807) is 18.9 Å². The number of alkyl carbamates (subject to hydrolysis) is 1. The van der Waals surface area contributed by atoms with Gasteiger partial charge in [-0.3, -0.25) is 19.2 Å². The second kappa shape index (κ2) is 24.1. The number of nitrogens with one attached hydrogen (secondary N) is 2. The first-order valence-corrected chi connectivity index (χ1v) is 24.2. The van der Waals surface area contributed by atoms with E-state index in [1.807, 2.05) is 125 Å². The fraction of sp³-hybridized carbons (Fsp3) is 0.407. The van der Waals surface area contributed by atoms with Crippen LogP contribution < -0.4 is 10.6 Å². The van der Waals surface area contributed by atoms with Gasteiger partial charge in [-0.05, 0) is 58.1 Å². The molecule has 5 atom stereocenters. The van der Waals surface area contributed by atoms with Gasteiger partial charge in [0, 0.05) is 49.7 Å². The molecule has 1 heterocycles. The molecule has 0 spiro atoms. The molecule has 3 N–H and O–H groups in total. The van der Waals surface area contributed by atoms with Crippen LogP contribution in [-0.2, 0) is 48.0 Å². The molecule has 3 amide bonds. The van der Waals surface area contributed by atoms with E-state index < -0.39 is 54.1 Å². The van der Waals surface area contributed by atoms with Gasteiger partial charge in [-0.15, -0.1) is 11.3 Å². The van der Waals surface area contributed by atoms with Crippen LogP contribution in [0.4, 0.5) is 4.79 Å². The Kier molecular flexibility index (Phi) is 18.1. The van der Waals surface area contributed by atoms with Crippen LogP contribution in [0.3, 0.4) is 0 Å². The van der Waals surface area contributed by atoms with E-state index >= 15 is 0 Å². The Morgan fingerprint density at radius 2 is 1.35 bits per heavy atom. The van der Waals surface area contributed by atoms with Gasteiger partial charge in [0.25, 0.3) is 5.91 Å². The van der Waals surface area contributed by atoms with Crippen molar-refractivity contribution in [2.24, 2.45) is 17.8 Å². The maximum atomic E-state index is 14.5. The summed E-state index contributed by atoms with van der Waals surface area (Å²) < 4.78 is 17.9. The van der Waals surface area contributed by atoms with E-state index in [0.717, 1.165) is 33.4 Å². The number of aliphatic carboxylic acids is 1. The third-order valence-corrected chi connectivity index (χ3v) is 13.6. The highest BCUT2D eigenvalue weighted by Gasteiger charge is 2.37. The van der Waals surface area contributed by atoms with Gasteiger partial charge in [0.1, 0.15) is 23.4 Å². The molecule has 6 rings (SSSR count). The predicted molar refractivity (Wildman–Crippen MR) is 262 cm³/mol. The molecule has 14 heteroatoms. The molecule has 1 aliphatic carbocycles. The van der Waals surface area contributed by atoms with E-state index in [2.05, 4.69) is 22.8 Å². The zero-order valence-electron chi connectivity index (χ0n) is 40.0. The minimum atomic E-state index is -0.968. The first-order valence-electron chi connectivity index (χ1n) is 23.3. The number of carbonyl (C=O) groups is 5. The standard InChI is InChI=1S/C54H64N4O9S/c1-33(2)45(58(7)52(61)48(34(3)4)57-54(64)66-32-44-42-24-16-14-22-40(42)41-23-15-17-25-43(41)44)30-46(67-36(6)59)51-56-49(47(68-51)26-27-65-31-38-20-12-9-13-21-38)50(60)55-39(28-35(5)53(62)63)29-37-18-10-8-11-19-37/h8-25,33-35,39,44-46,48H,26-32H2,1-7H3,(H,55,60)(H,57,64)(H,62,63)/t35-,39-,45+,46-,48+/m1/s1. The van der Waals surface area contributed by atoms with Crippen molar-refractivity contribution in [3.05, 3.63) is 147 Å². The van der Waals surface area contributed by atoms with Crippen molar-refractivity contribution in [2.45, 2.75) is 104 Å². The van der Waals surface area contributed by atoms with Crippen LogP contribution in [0.2, 0.25) is 0 Å². The molecule has 68 heavy (non-hydrogen) atoms. The summed E-state index contributed by atoms with van der Waals surface area (Å²) in [6, 6.07) is 33.4. The molecule has 4 aromatic carbocycles. The normalized spacial score (nSPS) is 14.2. The number of thiazole rings is 1. The van der Waals surface area contributed by atoms with Gasteiger partial charge in [-0.2, -0.15) is 0 Å². The number of likely N-dealkylation sites (N-methyl/N-ethyl adjacent to an activating group) is 1. The van der Waals surface area contributed by atoms with E-state index in [9.17, 15) is 29.1 Å². The zero-order chi connectivity index (χ0) is 48.9. The molecule has 0 bridgehead atoms. The van der Waals surface area contributed by atoms with Gasteiger partial charge in [0.2, 0.25) is 5.91 Å². The van der Waals surface area contributed by atoms with E-state index in [4.69, 9.17) is 19.2 Å². The summed E-state index contributed by atoms with van der Waals surface area (Å²) in [5, 5.41) is 16.1. The quantitative estimate of drug-likeness (QED) is 0.0423. The van der Waals surface area contributed by atoms with Crippen molar-refractivity contribution in [1.29, 1.82) is 0 Å². The molecule has 1 aliphatic rings. The number of carbonyl (C=O) groups excluding carboxylic acids is 4. The van der Waals surface area contributed by atoms with Crippen LogP contribution in [0.25, 0.3) is 11.1 Å². The second-order valence-corrected chi connectivity index (χ2v) is 19.3. The third kappa shape index (κ3) is 13.4. The number of amides is 3. The summed E-state index contributed by atoms with van der Waals surface area (Å²) in [7, 11) is 1.67. The number of rotatable bonds is 23. The molecule has 0 aliphatic heterocycles. The second-order valence-electron chi connectivity index (χ2n) is 18.2. The van der Waals surface area contributed by atoms with Crippen molar-refractivity contribution >= 4 is 41.2 Å². The predicted octanol–water partition coefficient (Wildman–Crippen LogP) is 9.39. The molecule has 0 saturated heterocycles. The molecule has 360 valence electrons. The molecule has 13 nitrogen and oxygen atoms in total. The Hall–Kier alpha value is -6.38. The summed E-state index contributed by atoms with van der Waals surface area (Å²) in [5.41, 5.74) is 6.43. The Balaban J connectivity index is 1.21. The SMILES string of the molecule is CC(=O)O[C@H](C[C@@H](C(C)C)N(C)C(=O)[C@@H](NC(=O)OCC1c2ccccc2-c2ccccc21)C(C)C)c1nc(C(=O)N[C@@H](Cc2ccccc2)C[C@@H](C)C(=O)O)c(CCOCc2ccccc2)s1. The van der Waals surface area contributed by atoms with Gasteiger partial charge in [0.05, 0.1) is 19.1 Å². The largest absolute Gasteiger partial charge is 0.481 e. The number of aromatic nitrogens is 1. The Labute approximate surface area is 403 Å². The van der Waals surface area contributed by atoms with Gasteiger partial charge in [-0.25, -0.2) is 9.78 Å². The van der Waals surface area contributed by atoms with Gasteiger partial charge in [-0.1, -0.05) is 144 Å². The minimum Gasteiger partial charge on any atom is -0.481 e. The average Bonchev–Trinajstić information content (AvgIpc) is 3.89. The van der Waals surface area contributed by atoms with Gasteiger partial charge < -0.3 is 34.9 Å². The Bertz CT molecular complexity index is 2450. The summed E-state index contributed by atoms with van der Waals surface area (Å²) in [4.78, 5) is 74.2. The number of hydrogen-bond acceptors (Lipinski definition) is 10. The van der Waals surface area contributed by atoms with Crippen LogP contribution in [0, 0.1) is 17.8 Å². The van der Waals surface area contributed by atoms with Crippen LogP contribution >= 0.6 is 11.3 Å². The number of nitrogens with zero attached hydrogens (tertiary/aromatic N) is 2. The van der Waals surface area contributed by atoms with Crippen LogP contribution in [0.5, 0.6) is 0 Å². The van der Waals surface area contributed by atoms with Crippen molar-refractivity contribution in [3.63, 3.8) is 0 Å². The Morgan fingerprint density at radius 1 is 0.765 bits per heavy atom. The topological polar surface area (TPSA) is 173 Å². The average molecular weight is 945 g/mol. The lowest BCUT2D eigenvalue weighted by Crippen LogP contribution is -2.54. The molecule has 1 aromatic heterocycles. The van der Waals surface area contributed by atoms with Crippen molar-refractivity contribution in [2.75, 3.05) is 20.3 Å². The highest BCUT2D eigenvalue weighted by molar-refractivity contribution is 7.12. The lowest BCUT2D eigenvalue weighted by atomic mass is 9.94. The van der Waals surface area contributed by atoms with E-state index in [-0.39, 0.29) is 55.4 Å². The smallest absolute Gasteiger partial charge is 0.407 e. The van der Waals surface area contributed by atoms with Gasteiger partial charge >= 0.3 is 18.0 Å². The van der Waals surface area contributed by atoms with E-state index in [1.165, 1.54) is 18.3 Å². The summed E-state index contributed by atoms with van der Waals surface area (Å²) in [5.74, 6) is -3.70. The number of fused-ring (bicyclic) bond motifs is 3. The molecular weight excluding hydrogens is 881 g/mol. The number of benzene rings is 4. The molecule has 0 radical (unpaired) electrons. The van der Waals surface area contributed by atoms with Crippen LogP contribution in [0.15, 0.2) is 109 Å². The van der Waals surface area contributed by atoms with Crippen molar-refractivity contribution in [3.8, 4) is 11.1 Å². The summed E-state index contributed by atoms with van der Waals surface area (Å²) in [6.45, 7) is 11.3. The first kappa shape index (κ1) is 51.0. The minimum absolute atomic E-state index is 0.0947. The number of ether oxygens (including phenoxy) is 3. The number of hydrogen-bond donors (Lipinski definition) is 3. The number of carboxylic acid groups (broad SMARTS) is 1.